The summed E-state index contributed by atoms with van der Waals surface area (Å²) in [4.78, 5) is 35.8. The lowest BCUT2D eigenvalue weighted by Crippen LogP contribution is -2.36. The molecule has 0 aliphatic carbocycles. The molecule has 0 saturated carbocycles. The predicted octanol–water partition coefficient (Wildman–Crippen LogP) is 3.29. The Morgan fingerprint density at radius 1 is 0.963 bits per heavy atom. The summed E-state index contributed by atoms with van der Waals surface area (Å²) in [5.74, 6) is -8.52. The number of cyclic esters (lactones) is 1. The number of carbonyl (C=O) groups excluding carboxylic acids is 3. The lowest BCUT2D eigenvalue weighted by molar-refractivity contribution is -0.160. The van der Waals surface area contributed by atoms with E-state index in [1.54, 1.807) is 36.4 Å². The molecule has 2 aromatic carbocycles. The second kappa shape index (κ2) is 7.65. The van der Waals surface area contributed by atoms with E-state index in [2.05, 4.69) is 0 Å². The first-order valence-corrected chi connectivity index (χ1v) is 8.29. The van der Waals surface area contributed by atoms with Crippen molar-refractivity contribution in [2.24, 2.45) is 5.92 Å². The van der Waals surface area contributed by atoms with Crippen LogP contribution in [0, 0.1) is 5.92 Å². The van der Waals surface area contributed by atoms with Gasteiger partial charge in [0.05, 0.1) is 11.5 Å². The number of hydrogen-bond donors (Lipinski definition) is 0. The molecule has 1 heterocycles. The van der Waals surface area contributed by atoms with Crippen molar-refractivity contribution in [1.29, 1.82) is 0 Å². The van der Waals surface area contributed by atoms with E-state index < -0.39 is 48.7 Å². The molecule has 1 aliphatic rings. The van der Waals surface area contributed by atoms with Crippen molar-refractivity contribution in [3.8, 4) is 0 Å². The van der Waals surface area contributed by atoms with Crippen molar-refractivity contribution >= 4 is 17.7 Å². The Morgan fingerprint density at radius 3 is 2.11 bits per heavy atom. The Hall–Kier alpha value is -3.09. The summed E-state index contributed by atoms with van der Waals surface area (Å²) in [5, 5.41) is 0. The number of ketones is 1. The molecule has 5 nitrogen and oxygen atoms in total. The highest BCUT2D eigenvalue weighted by Gasteiger charge is 2.60. The van der Waals surface area contributed by atoms with Crippen molar-refractivity contribution < 1.29 is 32.6 Å². The van der Waals surface area contributed by atoms with Crippen LogP contribution < -0.4 is 0 Å². The second-order valence-corrected chi connectivity index (χ2v) is 6.13. The van der Waals surface area contributed by atoms with Crippen molar-refractivity contribution in [2.45, 2.75) is 18.4 Å². The van der Waals surface area contributed by atoms with Gasteiger partial charge in [0.25, 0.3) is 0 Å². The smallest absolute Gasteiger partial charge is 0.377 e. The number of rotatable bonds is 6. The molecule has 0 bridgehead atoms. The molecule has 7 heteroatoms. The van der Waals surface area contributed by atoms with Crippen molar-refractivity contribution in [3.63, 3.8) is 0 Å². The Labute approximate surface area is 153 Å². The van der Waals surface area contributed by atoms with Crippen LogP contribution in [-0.4, -0.2) is 36.4 Å². The molecule has 0 unspecified atom stereocenters. The highest BCUT2D eigenvalue weighted by Crippen LogP contribution is 2.40. The van der Waals surface area contributed by atoms with Gasteiger partial charge in [0.2, 0.25) is 0 Å². The van der Waals surface area contributed by atoms with Gasteiger partial charge >= 0.3 is 17.9 Å². The van der Waals surface area contributed by atoms with E-state index in [-0.39, 0.29) is 11.1 Å². The average Bonchev–Trinajstić information content (AvgIpc) is 2.90. The number of benzene rings is 2. The lowest BCUT2D eigenvalue weighted by atomic mass is 9.90. The second-order valence-electron chi connectivity index (χ2n) is 6.13. The van der Waals surface area contributed by atoms with Crippen LogP contribution in [-0.2, 0) is 14.3 Å². The third-order valence-corrected chi connectivity index (χ3v) is 4.33. The van der Waals surface area contributed by atoms with Gasteiger partial charge in [-0.3, -0.25) is 4.79 Å². The average molecular weight is 374 g/mol. The summed E-state index contributed by atoms with van der Waals surface area (Å²) in [7, 11) is 0. The fourth-order valence-corrected chi connectivity index (χ4v) is 2.85. The third kappa shape index (κ3) is 4.02. The molecule has 1 aliphatic heterocycles. The first kappa shape index (κ1) is 18.7. The van der Waals surface area contributed by atoms with E-state index >= 15 is 0 Å². The zero-order valence-electron chi connectivity index (χ0n) is 14.1. The largest absolute Gasteiger partial charge is 0.458 e. The number of halogens is 2. The number of carbonyl (C=O) groups is 3. The SMILES string of the molecule is O=C(C[C@@H]1[C@@H](COC(=O)c2ccccc2)OC(=O)C1(F)F)c1ccccc1. The molecule has 2 atom stereocenters. The van der Waals surface area contributed by atoms with Gasteiger partial charge in [-0.15, -0.1) is 0 Å². The van der Waals surface area contributed by atoms with Crippen LogP contribution in [0.5, 0.6) is 0 Å². The number of hydrogen-bond acceptors (Lipinski definition) is 5. The van der Waals surface area contributed by atoms with Crippen molar-refractivity contribution in [2.75, 3.05) is 6.61 Å². The quantitative estimate of drug-likeness (QED) is 0.573. The summed E-state index contributed by atoms with van der Waals surface area (Å²) in [6.07, 6.45) is -2.00. The maximum atomic E-state index is 14.2. The lowest BCUT2D eigenvalue weighted by Gasteiger charge is -2.19. The van der Waals surface area contributed by atoms with Gasteiger partial charge in [0.15, 0.2) is 5.78 Å². The van der Waals surface area contributed by atoms with Crippen LogP contribution >= 0.6 is 0 Å². The van der Waals surface area contributed by atoms with Crippen molar-refractivity contribution in [1.82, 2.24) is 0 Å². The molecule has 1 saturated heterocycles. The van der Waals surface area contributed by atoms with Gasteiger partial charge in [0.1, 0.15) is 12.7 Å². The molecule has 27 heavy (non-hydrogen) atoms. The zero-order valence-corrected chi connectivity index (χ0v) is 14.1. The molecule has 140 valence electrons. The number of ether oxygens (including phenoxy) is 2. The summed E-state index contributed by atoms with van der Waals surface area (Å²) >= 11 is 0. The molecular weight excluding hydrogens is 358 g/mol. The minimum absolute atomic E-state index is 0.241. The number of Topliss-reactive ketones (excluding diaryl/α,β-unsaturated/α-hetero) is 1. The van der Waals surface area contributed by atoms with Crippen LogP contribution in [0.4, 0.5) is 8.78 Å². The molecule has 0 radical (unpaired) electrons. The van der Waals surface area contributed by atoms with Crippen LogP contribution in [0.1, 0.15) is 27.1 Å². The maximum Gasteiger partial charge on any atom is 0.377 e. The Morgan fingerprint density at radius 2 is 1.52 bits per heavy atom. The molecule has 0 N–H and O–H groups in total. The number of esters is 2. The molecular formula is C20H16F2O5. The molecule has 3 rings (SSSR count). The van der Waals surface area contributed by atoms with E-state index in [0.29, 0.717) is 0 Å². The first-order valence-electron chi connectivity index (χ1n) is 8.29. The minimum Gasteiger partial charge on any atom is -0.458 e. The van der Waals surface area contributed by atoms with Crippen LogP contribution in [0.25, 0.3) is 0 Å². The highest BCUT2D eigenvalue weighted by atomic mass is 19.3. The van der Waals surface area contributed by atoms with E-state index in [1.807, 2.05) is 0 Å². The van der Waals surface area contributed by atoms with Gasteiger partial charge < -0.3 is 9.47 Å². The summed E-state index contributed by atoms with van der Waals surface area (Å²) < 4.78 is 38.1. The maximum absolute atomic E-state index is 14.2. The van der Waals surface area contributed by atoms with E-state index in [4.69, 9.17) is 9.47 Å². The van der Waals surface area contributed by atoms with Crippen LogP contribution in [0.3, 0.4) is 0 Å². The fraction of sp³-hybridized carbons (Fsp3) is 0.250. The zero-order chi connectivity index (χ0) is 19.4. The Kier molecular flexibility index (Phi) is 5.30. The van der Waals surface area contributed by atoms with Gasteiger partial charge in [-0.05, 0) is 12.1 Å². The van der Waals surface area contributed by atoms with E-state index in [1.165, 1.54) is 24.3 Å². The van der Waals surface area contributed by atoms with Gasteiger partial charge in [0, 0.05) is 12.0 Å². The molecule has 0 aromatic heterocycles. The standard InChI is InChI=1S/C20H16F2O5/c21-20(22)15(11-16(23)13-7-3-1-4-8-13)17(27-19(20)25)12-26-18(24)14-9-5-2-6-10-14/h1-10,15,17H,11-12H2/t15-,17-/m1/s1. The predicted molar refractivity (Wildman–Crippen MR) is 90.4 cm³/mol. The van der Waals surface area contributed by atoms with Gasteiger partial charge in [-0.1, -0.05) is 48.5 Å². The molecule has 1 fully saturated rings. The van der Waals surface area contributed by atoms with Crippen molar-refractivity contribution in [3.05, 3.63) is 71.8 Å². The normalized spacial score (nSPS) is 20.7. The summed E-state index contributed by atoms with van der Waals surface area (Å²) in [5.41, 5.74) is 0.498. The van der Waals surface area contributed by atoms with Gasteiger partial charge in [-0.25, -0.2) is 9.59 Å². The summed E-state index contributed by atoms with van der Waals surface area (Å²) in [6, 6.07) is 15.9. The number of alkyl halides is 2. The van der Waals surface area contributed by atoms with E-state index in [0.717, 1.165) is 0 Å². The van der Waals surface area contributed by atoms with E-state index in [9.17, 15) is 23.2 Å². The monoisotopic (exact) mass is 374 g/mol. The Bertz CT molecular complexity index is 836. The third-order valence-electron chi connectivity index (χ3n) is 4.33. The molecule has 0 spiro atoms. The minimum atomic E-state index is -3.83. The fourth-order valence-electron chi connectivity index (χ4n) is 2.85. The highest BCUT2D eigenvalue weighted by molar-refractivity contribution is 5.97. The van der Waals surface area contributed by atoms with Crippen LogP contribution in [0.2, 0.25) is 0 Å². The summed E-state index contributed by atoms with van der Waals surface area (Å²) in [6.45, 7) is -0.554. The van der Waals surface area contributed by atoms with Gasteiger partial charge in [-0.2, -0.15) is 8.78 Å². The molecule has 2 aromatic rings. The van der Waals surface area contributed by atoms with Crippen LogP contribution in [0.15, 0.2) is 60.7 Å². The topological polar surface area (TPSA) is 69.7 Å². The Balaban J connectivity index is 1.70. The molecule has 0 amide bonds. The first-order chi connectivity index (χ1) is 12.9.